The highest BCUT2D eigenvalue weighted by atomic mass is 79.9. The first kappa shape index (κ1) is 13.3. The van der Waals surface area contributed by atoms with E-state index < -0.39 is 18.6 Å². The van der Waals surface area contributed by atoms with Crippen LogP contribution in [0.2, 0.25) is 5.02 Å². The van der Waals surface area contributed by atoms with Crippen LogP contribution in [0.1, 0.15) is 10.4 Å². The van der Waals surface area contributed by atoms with Gasteiger partial charge in [0.2, 0.25) is 0 Å². The predicted octanol–water partition coefficient (Wildman–Crippen LogP) is 3.39. The monoisotopic (exact) mass is 315 g/mol. The molecule has 0 atom stereocenters. The molecule has 0 heterocycles. The van der Waals surface area contributed by atoms with Gasteiger partial charge in [0, 0.05) is 10.0 Å². The lowest BCUT2D eigenvalue weighted by Gasteiger charge is -2.08. The highest BCUT2D eigenvalue weighted by Crippen LogP contribution is 2.23. The summed E-state index contributed by atoms with van der Waals surface area (Å²) in [6, 6.07) is 4.13. The van der Waals surface area contributed by atoms with Crippen molar-refractivity contribution in [2.75, 3.05) is 6.54 Å². The van der Waals surface area contributed by atoms with E-state index in [-0.39, 0.29) is 5.56 Å². The molecule has 1 amide bonds. The van der Waals surface area contributed by atoms with Crippen LogP contribution in [-0.2, 0) is 0 Å². The molecule has 1 aromatic rings. The zero-order valence-corrected chi connectivity index (χ0v) is 10.1. The summed E-state index contributed by atoms with van der Waals surface area (Å²) >= 11 is 8.75. The minimum Gasteiger partial charge on any atom is -0.343 e. The summed E-state index contributed by atoms with van der Waals surface area (Å²) in [4.78, 5) is 11.3. The number of nitrogens with one attached hydrogen (secondary N) is 1. The highest BCUT2D eigenvalue weighted by molar-refractivity contribution is 9.10. The average molecular weight is 317 g/mol. The molecule has 1 rings (SSSR count). The molecule has 0 bridgehead atoms. The van der Waals surface area contributed by atoms with E-state index >= 15 is 0 Å². The molecular formula is C9H6BrClF3NO. The van der Waals surface area contributed by atoms with E-state index in [2.05, 4.69) is 15.9 Å². The number of carbonyl (C=O) groups is 1. The second-order valence-corrected chi connectivity index (χ2v) is 4.19. The van der Waals surface area contributed by atoms with Crippen LogP contribution in [0.15, 0.2) is 22.7 Å². The Labute approximate surface area is 103 Å². The first-order valence-electron chi connectivity index (χ1n) is 4.09. The van der Waals surface area contributed by atoms with Crippen LogP contribution in [0.25, 0.3) is 0 Å². The van der Waals surface area contributed by atoms with Crippen LogP contribution in [0.5, 0.6) is 0 Å². The number of hydrogen-bond acceptors (Lipinski definition) is 1. The number of amides is 1. The molecule has 7 heteroatoms. The quantitative estimate of drug-likeness (QED) is 0.890. The van der Waals surface area contributed by atoms with Crippen molar-refractivity contribution in [3.05, 3.63) is 33.3 Å². The number of alkyl halides is 3. The van der Waals surface area contributed by atoms with Gasteiger partial charge in [0.25, 0.3) is 5.91 Å². The van der Waals surface area contributed by atoms with Crippen LogP contribution < -0.4 is 5.32 Å². The number of benzene rings is 1. The normalized spacial score (nSPS) is 11.3. The van der Waals surface area contributed by atoms with E-state index in [0.29, 0.717) is 9.50 Å². The number of halogens is 5. The molecular weight excluding hydrogens is 310 g/mol. The first-order valence-corrected chi connectivity index (χ1v) is 5.27. The maximum atomic E-state index is 11.8. The van der Waals surface area contributed by atoms with Gasteiger partial charge in [-0.1, -0.05) is 11.6 Å². The van der Waals surface area contributed by atoms with Gasteiger partial charge in [0.15, 0.2) is 0 Å². The van der Waals surface area contributed by atoms with Gasteiger partial charge < -0.3 is 5.32 Å². The lowest BCUT2D eigenvalue weighted by atomic mass is 10.2. The fourth-order valence-corrected chi connectivity index (χ4v) is 1.42. The van der Waals surface area contributed by atoms with Crippen molar-refractivity contribution >= 4 is 33.4 Å². The van der Waals surface area contributed by atoms with Gasteiger partial charge in [0.1, 0.15) is 6.54 Å². The van der Waals surface area contributed by atoms with Gasteiger partial charge in [0.05, 0.1) is 5.02 Å². The first-order chi connectivity index (χ1) is 7.29. The summed E-state index contributed by atoms with van der Waals surface area (Å²) in [7, 11) is 0. The van der Waals surface area contributed by atoms with E-state index in [1.54, 1.807) is 5.32 Å². The van der Waals surface area contributed by atoms with Gasteiger partial charge >= 0.3 is 6.18 Å². The van der Waals surface area contributed by atoms with Crippen LogP contribution in [0.3, 0.4) is 0 Å². The van der Waals surface area contributed by atoms with E-state index in [1.807, 2.05) is 0 Å². The Bertz CT molecular complexity index is 408. The maximum absolute atomic E-state index is 11.8. The second-order valence-electron chi connectivity index (χ2n) is 2.93. The van der Waals surface area contributed by atoms with Crippen molar-refractivity contribution in [3.63, 3.8) is 0 Å². The Balaban J connectivity index is 2.70. The molecule has 0 aromatic heterocycles. The molecule has 16 heavy (non-hydrogen) atoms. The van der Waals surface area contributed by atoms with Gasteiger partial charge in [-0.15, -0.1) is 0 Å². The Morgan fingerprint density at radius 2 is 2.06 bits per heavy atom. The van der Waals surface area contributed by atoms with Crippen LogP contribution in [-0.4, -0.2) is 18.6 Å². The molecule has 1 N–H and O–H groups in total. The summed E-state index contributed by atoms with van der Waals surface area (Å²) in [5.74, 6) is -0.797. The van der Waals surface area contributed by atoms with Crippen molar-refractivity contribution in [1.29, 1.82) is 0 Å². The summed E-state index contributed by atoms with van der Waals surface area (Å²) in [5, 5.41) is 2.14. The molecule has 0 aliphatic rings. The van der Waals surface area contributed by atoms with E-state index in [0.717, 1.165) is 0 Å². The molecule has 88 valence electrons. The molecule has 0 spiro atoms. The van der Waals surface area contributed by atoms with Crippen molar-refractivity contribution in [3.8, 4) is 0 Å². The van der Waals surface area contributed by atoms with Gasteiger partial charge in [-0.2, -0.15) is 13.2 Å². The lowest BCUT2D eigenvalue weighted by Crippen LogP contribution is -2.33. The Morgan fingerprint density at radius 3 is 2.56 bits per heavy atom. The van der Waals surface area contributed by atoms with Crippen LogP contribution >= 0.6 is 27.5 Å². The summed E-state index contributed by atoms with van der Waals surface area (Å²) < 4.78 is 35.9. The van der Waals surface area contributed by atoms with Crippen molar-refractivity contribution < 1.29 is 18.0 Å². The van der Waals surface area contributed by atoms with Crippen molar-refractivity contribution in [2.45, 2.75) is 6.18 Å². The molecule has 0 aliphatic carbocycles. The molecule has 0 saturated carbocycles. The predicted molar refractivity (Wildman–Crippen MR) is 57.5 cm³/mol. The molecule has 0 aliphatic heterocycles. The smallest absolute Gasteiger partial charge is 0.343 e. The zero-order valence-electron chi connectivity index (χ0n) is 7.74. The molecule has 1 aromatic carbocycles. The third kappa shape index (κ3) is 4.02. The largest absolute Gasteiger partial charge is 0.405 e. The van der Waals surface area contributed by atoms with Gasteiger partial charge in [-0.05, 0) is 34.1 Å². The number of hydrogen-bond donors (Lipinski definition) is 1. The molecule has 0 radical (unpaired) electrons. The van der Waals surface area contributed by atoms with Crippen LogP contribution in [0.4, 0.5) is 13.2 Å². The lowest BCUT2D eigenvalue weighted by molar-refractivity contribution is -0.123. The molecule has 0 saturated heterocycles. The Morgan fingerprint density at radius 1 is 1.44 bits per heavy atom. The third-order valence-electron chi connectivity index (χ3n) is 1.63. The maximum Gasteiger partial charge on any atom is 0.405 e. The Hall–Kier alpha value is -0.750. The fourth-order valence-electron chi connectivity index (χ4n) is 0.920. The standard InChI is InChI=1S/C9H6BrClF3NO/c10-6-3-5(1-2-7(6)11)8(16)15-4-9(12,13)14/h1-3H,4H2,(H,15,16). The van der Waals surface area contributed by atoms with E-state index in [9.17, 15) is 18.0 Å². The van der Waals surface area contributed by atoms with E-state index in [4.69, 9.17) is 11.6 Å². The van der Waals surface area contributed by atoms with Gasteiger partial charge in [-0.3, -0.25) is 4.79 Å². The number of rotatable bonds is 2. The second kappa shape index (κ2) is 5.05. The summed E-state index contributed by atoms with van der Waals surface area (Å²) in [6.07, 6.45) is -4.42. The molecule has 2 nitrogen and oxygen atoms in total. The molecule has 0 unspecified atom stereocenters. The summed E-state index contributed by atoms with van der Waals surface area (Å²) in [6.45, 7) is -1.36. The average Bonchev–Trinajstić information content (AvgIpc) is 2.17. The minimum absolute atomic E-state index is 0.112. The Kier molecular flexibility index (Phi) is 4.21. The van der Waals surface area contributed by atoms with E-state index in [1.165, 1.54) is 18.2 Å². The number of carbonyl (C=O) groups excluding carboxylic acids is 1. The SMILES string of the molecule is O=C(NCC(F)(F)F)c1ccc(Cl)c(Br)c1. The topological polar surface area (TPSA) is 29.1 Å². The van der Waals surface area contributed by atoms with Gasteiger partial charge in [-0.25, -0.2) is 0 Å². The fraction of sp³-hybridized carbons (Fsp3) is 0.222. The molecule has 0 fully saturated rings. The van der Waals surface area contributed by atoms with Crippen molar-refractivity contribution in [1.82, 2.24) is 5.32 Å². The van der Waals surface area contributed by atoms with Crippen molar-refractivity contribution in [2.24, 2.45) is 0 Å². The highest BCUT2D eigenvalue weighted by Gasteiger charge is 2.27. The minimum atomic E-state index is -4.42. The zero-order chi connectivity index (χ0) is 12.3. The van der Waals surface area contributed by atoms with Crippen LogP contribution in [0, 0.1) is 0 Å². The summed E-state index contributed by atoms with van der Waals surface area (Å²) in [5.41, 5.74) is 0.112. The third-order valence-corrected chi connectivity index (χ3v) is 2.85.